The monoisotopic (exact) mass is 384 g/mol. The summed E-state index contributed by atoms with van der Waals surface area (Å²) in [6.07, 6.45) is -1.69. The minimum atomic E-state index is -4.34. The number of rotatable bonds is 2. The highest BCUT2D eigenvalue weighted by Gasteiger charge is 2.48. The van der Waals surface area contributed by atoms with Crippen molar-refractivity contribution in [2.24, 2.45) is 11.3 Å². The third-order valence-corrected chi connectivity index (χ3v) is 6.10. The first-order chi connectivity index (χ1) is 12.5. The molecule has 1 aromatic rings. The maximum atomic E-state index is 13.7. The number of nitrogens with one attached hydrogen (secondary N) is 1. The fourth-order valence-electron chi connectivity index (χ4n) is 4.15. The number of likely N-dealkylation sites (tertiary alicyclic amines) is 1. The lowest BCUT2D eigenvalue weighted by atomic mass is 9.82. The van der Waals surface area contributed by atoms with Gasteiger partial charge in [0.25, 0.3) is 0 Å². The molecule has 0 spiro atoms. The van der Waals surface area contributed by atoms with E-state index < -0.39 is 12.2 Å². The first-order valence-corrected chi connectivity index (χ1v) is 9.75. The van der Waals surface area contributed by atoms with Gasteiger partial charge >= 0.3 is 6.18 Å². The molecule has 3 heterocycles. The summed E-state index contributed by atoms with van der Waals surface area (Å²) in [5, 5.41) is 7.61. The Labute approximate surface area is 157 Å². The molecule has 3 atom stereocenters. The van der Waals surface area contributed by atoms with Gasteiger partial charge in [-0.2, -0.15) is 18.3 Å². The number of hydrogen-bond acceptors (Lipinski definition) is 3. The highest BCUT2D eigenvalue weighted by atomic mass is 19.4. The van der Waals surface area contributed by atoms with Crippen molar-refractivity contribution < 1.29 is 18.0 Å². The third-order valence-electron chi connectivity index (χ3n) is 6.10. The zero-order chi connectivity index (χ0) is 19.6. The normalized spacial score (nSPS) is 28.8. The minimum Gasteiger partial charge on any atom is -0.367 e. The molecular weight excluding hydrogens is 357 g/mol. The van der Waals surface area contributed by atoms with E-state index in [0.717, 1.165) is 23.9 Å². The largest absolute Gasteiger partial charge is 0.410 e. The molecule has 0 unspecified atom stereocenters. The Hall–Kier alpha value is -1.73. The maximum Gasteiger partial charge on any atom is 0.410 e. The number of alkyl halides is 3. The van der Waals surface area contributed by atoms with Crippen molar-refractivity contribution >= 4 is 11.7 Å². The predicted molar refractivity (Wildman–Crippen MR) is 95.5 cm³/mol. The van der Waals surface area contributed by atoms with Crippen LogP contribution in [0.4, 0.5) is 19.0 Å². The zero-order valence-electron chi connectivity index (χ0n) is 16.0. The molecule has 2 fully saturated rings. The van der Waals surface area contributed by atoms with Gasteiger partial charge in [0.1, 0.15) is 5.82 Å². The van der Waals surface area contributed by atoms with Gasteiger partial charge in [0.2, 0.25) is 5.91 Å². The lowest BCUT2D eigenvalue weighted by Gasteiger charge is -2.39. The summed E-state index contributed by atoms with van der Waals surface area (Å²) in [6, 6.07) is -0.137. The summed E-state index contributed by atoms with van der Waals surface area (Å²) in [6.45, 7) is 7.07. The summed E-state index contributed by atoms with van der Waals surface area (Å²) >= 11 is 0. The Morgan fingerprint density at radius 1 is 1.22 bits per heavy atom. The van der Waals surface area contributed by atoms with Crippen LogP contribution in [0, 0.1) is 11.3 Å². The van der Waals surface area contributed by atoms with Crippen molar-refractivity contribution in [3.05, 3.63) is 11.8 Å². The second kappa shape index (κ2) is 6.14. The van der Waals surface area contributed by atoms with Crippen LogP contribution in [0.5, 0.6) is 0 Å². The number of aromatic nitrogens is 2. The summed E-state index contributed by atoms with van der Waals surface area (Å²) < 4.78 is 42.2. The highest BCUT2D eigenvalue weighted by molar-refractivity contribution is 5.81. The van der Waals surface area contributed by atoms with Gasteiger partial charge in [0, 0.05) is 37.0 Å². The molecule has 1 amide bonds. The third kappa shape index (κ3) is 3.55. The standard InChI is InChI=1S/C19H27F3N4O/c1-18(2,3)14-9-15(19(20,21)22)26-16(23-14)8-13(24-26)12-6-7-25(10-12)17(27)11-4-5-11/h8,11-12,14-15,23H,4-7,9-10H2,1-3H3/t12-,14+,15-/m1/s1. The predicted octanol–water partition coefficient (Wildman–Crippen LogP) is 3.94. The van der Waals surface area contributed by atoms with Crippen molar-refractivity contribution in [2.75, 3.05) is 18.4 Å². The van der Waals surface area contributed by atoms with E-state index in [0.29, 0.717) is 24.6 Å². The molecule has 27 heavy (non-hydrogen) atoms. The van der Waals surface area contributed by atoms with Crippen LogP contribution in [0.1, 0.15) is 64.1 Å². The second-order valence-electron chi connectivity index (χ2n) is 9.30. The fraction of sp³-hybridized carbons (Fsp3) is 0.789. The van der Waals surface area contributed by atoms with E-state index in [-0.39, 0.29) is 35.6 Å². The molecule has 2 aliphatic heterocycles. The van der Waals surface area contributed by atoms with Crippen molar-refractivity contribution in [1.29, 1.82) is 0 Å². The van der Waals surface area contributed by atoms with Gasteiger partial charge in [-0.25, -0.2) is 4.68 Å². The van der Waals surface area contributed by atoms with Crippen LogP contribution in [0.3, 0.4) is 0 Å². The van der Waals surface area contributed by atoms with E-state index in [1.54, 1.807) is 6.07 Å². The molecule has 1 aliphatic carbocycles. The first kappa shape index (κ1) is 18.6. The number of amides is 1. The number of carbonyl (C=O) groups is 1. The van der Waals surface area contributed by atoms with E-state index in [9.17, 15) is 18.0 Å². The van der Waals surface area contributed by atoms with Crippen LogP contribution in [0.25, 0.3) is 0 Å². The minimum absolute atomic E-state index is 0.00886. The van der Waals surface area contributed by atoms with Gasteiger partial charge in [-0.3, -0.25) is 4.79 Å². The van der Waals surface area contributed by atoms with Crippen molar-refractivity contribution in [3.63, 3.8) is 0 Å². The highest BCUT2D eigenvalue weighted by Crippen LogP contribution is 2.44. The van der Waals surface area contributed by atoms with Crippen LogP contribution in [0.2, 0.25) is 0 Å². The van der Waals surface area contributed by atoms with E-state index in [2.05, 4.69) is 10.4 Å². The molecule has 0 bridgehead atoms. The summed E-state index contributed by atoms with van der Waals surface area (Å²) in [4.78, 5) is 14.1. The molecule has 5 nitrogen and oxygen atoms in total. The van der Waals surface area contributed by atoms with Crippen molar-refractivity contribution in [3.8, 4) is 0 Å². The number of halogens is 3. The van der Waals surface area contributed by atoms with Crippen molar-refractivity contribution in [2.45, 2.75) is 70.6 Å². The molecule has 0 radical (unpaired) electrons. The molecular formula is C19H27F3N4O. The number of hydrogen-bond donors (Lipinski definition) is 1. The van der Waals surface area contributed by atoms with E-state index in [4.69, 9.17) is 0 Å². The molecule has 1 N–H and O–H groups in total. The fourth-order valence-corrected chi connectivity index (χ4v) is 4.15. The number of nitrogens with zero attached hydrogens (tertiary/aromatic N) is 3. The smallest absolute Gasteiger partial charge is 0.367 e. The second-order valence-corrected chi connectivity index (χ2v) is 9.30. The Bertz CT molecular complexity index is 732. The Morgan fingerprint density at radius 2 is 1.93 bits per heavy atom. The average molecular weight is 384 g/mol. The number of fused-ring (bicyclic) bond motifs is 1. The molecule has 150 valence electrons. The molecule has 4 rings (SSSR count). The first-order valence-electron chi connectivity index (χ1n) is 9.75. The molecule has 3 aliphatic rings. The van der Waals surface area contributed by atoms with E-state index in [1.807, 2.05) is 25.7 Å². The Balaban J connectivity index is 1.57. The van der Waals surface area contributed by atoms with Crippen LogP contribution < -0.4 is 5.32 Å². The average Bonchev–Trinajstić information content (AvgIpc) is 3.13. The van der Waals surface area contributed by atoms with Crippen LogP contribution in [-0.4, -0.2) is 45.9 Å². The number of carbonyl (C=O) groups excluding carboxylic acids is 1. The van der Waals surface area contributed by atoms with Crippen LogP contribution in [0.15, 0.2) is 6.07 Å². The summed E-state index contributed by atoms with van der Waals surface area (Å²) in [7, 11) is 0. The van der Waals surface area contributed by atoms with Gasteiger partial charge in [0.05, 0.1) is 5.69 Å². The quantitative estimate of drug-likeness (QED) is 0.840. The molecule has 1 saturated carbocycles. The van der Waals surface area contributed by atoms with Gasteiger partial charge in [-0.1, -0.05) is 20.8 Å². The van der Waals surface area contributed by atoms with Gasteiger partial charge < -0.3 is 10.2 Å². The summed E-state index contributed by atoms with van der Waals surface area (Å²) in [5.41, 5.74) is 0.368. The lowest BCUT2D eigenvalue weighted by Crippen LogP contribution is -2.44. The Morgan fingerprint density at radius 3 is 2.52 bits per heavy atom. The lowest BCUT2D eigenvalue weighted by molar-refractivity contribution is -0.175. The zero-order valence-corrected chi connectivity index (χ0v) is 16.0. The molecule has 1 saturated heterocycles. The van der Waals surface area contributed by atoms with Crippen LogP contribution >= 0.6 is 0 Å². The summed E-state index contributed by atoms with van der Waals surface area (Å²) in [5.74, 6) is 0.809. The van der Waals surface area contributed by atoms with Crippen molar-refractivity contribution in [1.82, 2.24) is 14.7 Å². The molecule has 1 aromatic heterocycles. The molecule has 8 heteroatoms. The topological polar surface area (TPSA) is 50.2 Å². The van der Waals surface area contributed by atoms with Gasteiger partial charge in [0.15, 0.2) is 6.04 Å². The maximum absolute atomic E-state index is 13.7. The van der Waals surface area contributed by atoms with E-state index >= 15 is 0 Å². The SMILES string of the molecule is CC(C)(C)[C@@H]1C[C@H](C(F)(F)F)n2nc([C@@H]3CCN(C(=O)C4CC4)C3)cc2N1. The van der Waals surface area contributed by atoms with Crippen LogP contribution in [-0.2, 0) is 4.79 Å². The van der Waals surface area contributed by atoms with E-state index in [1.165, 1.54) is 0 Å². The molecule has 0 aromatic carbocycles. The van der Waals surface area contributed by atoms with Gasteiger partial charge in [-0.15, -0.1) is 0 Å². The number of anilines is 1. The van der Waals surface area contributed by atoms with Gasteiger partial charge in [-0.05, 0) is 31.1 Å². The Kier molecular flexibility index (Phi) is 4.23.